The lowest BCUT2D eigenvalue weighted by Gasteiger charge is -2.10. The third kappa shape index (κ3) is 3.53. The van der Waals surface area contributed by atoms with Gasteiger partial charge in [-0.1, -0.05) is 34.5 Å². The van der Waals surface area contributed by atoms with Crippen LogP contribution < -0.4 is 0 Å². The lowest BCUT2D eigenvalue weighted by Crippen LogP contribution is -2.12. The maximum Gasteiger partial charge on any atom is 0.358 e. The average molecular weight is 330 g/mol. The summed E-state index contributed by atoms with van der Waals surface area (Å²) in [5, 5.41) is 17.7. The summed E-state index contributed by atoms with van der Waals surface area (Å²) in [4.78, 5) is 11.2. The summed E-state index contributed by atoms with van der Waals surface area (Å²) in [6, 6.07) is 5.17. The maximum absolute atomic E-state index is 11.2. The number of rotatable bonds is 6. The highest BCUT2D eigenvalue weighted by atomic mass is 35.5. The van der Waals surface area contributed by atoms with E-state index < -0.39 is 5.97 Å². The molecule has 0 spiro atoms. The van der Waals surface area contributed by atoms with Gasteiger partial charge < -0.3 is 9.84 Å². The van der Waals surface area contributed by atoms with Crippen LogP contribution in [0.5, 0.6) is 0 Å². The average Bonchev–Trinajstić information content (AvgIpc) is 2.83. The van der Waals surface area contributed by atoms with E-state index in [4.69, 9.17) is 33.0 Å². The first kappa shape index (κ1) is 15.8. The number of methoxy groups -OCH3 is 1. The highest BCUT2D eigenvalue weighted by Gasteiger charge is 2.20. The summed E-state index contributed by atoms with van der Waals surface area (Å²) in [7, 11) is 1.54. The number of carbonyl (C=O) groups is 1. The predicted octanol–water partition coefficient (Wildman–Crippen LogP) is 2.52. The van der Waals surface area contributed by atoms with Crippen LogP contribution in [0.15, 0.2) is 18.2 Å². The van der Waals surface area contributed by atoms with E-state index in [-0.39, 0.29) is 12.2 Å². The molecule has 1 heterocycles. The van der Waals surface area contributed by atoms with Gasteiger partial charge in [0.25, 0.3) is 0 Å². The van der Waals surface area contributed by atoms with E-state index in [0.717, 1.165) is 0 Å². The monoisotopic (exact) mass is 329 g/mol. The summed E-state index contributed by atoms with van der Waals surface area (Å²) in [5.74, 6) is -1.13. The standard InChI is InChI=1S/C13H13Cl2N3O3/c1-21-6-5-11-12(13(19)20)16-17-18(11)7-8-9(14)3-2-4-10(8)15/h2-4H,5-7H2,1H3,(H,19,20). The van der Waals surface area contributed by atoms with E-state index in [2.05, 4.69) is 10.3 Å². The summed E-state index contributed by atoms with van der Waals surface area (Å²) >= 11 is 12.2. The van der Waals surface area contributed by atoms with E-state index in [1.54, 1.807) is 25.3 Å². The predicted molar refractivity (Wildman–Crippen MR) is 78.1 cm³/mol. The Labute approximate surface area is 131 Å². The zero-order valence-electron chi connectivity index (χ0n) is 11.2. The quantitative estimate of drug-likeness (QED) is 0.881. The van der Waals surface area contributed by atoms with Gasteiger partial charge in [0.1, 0.15) is 0 Å². The molecule has 1 aromatic heterocycles. The molecule has 0 saturated heterocycles. The fraction of sp³-hybridized carbons (Fsp3) is 0.308. The van der Waals surface area contributed by atoms with Crippen molar-refractivity contribution in [3.63, 3.8) is 0 Å². The lowest BCUT2D eigenvalue weighted by molar-refractivity contribution is 0.0688. The molecule has 2 aromatic rings. The van der Waals surface area contributed by atoms with Gasteiger partial charge in [0.15, 0.2) is 5.69 Å². The van der Waals surface area contributed by atoms with Gasteiger partial charge in [-0.2, -0.15) is 0 Å². The molecule has 0 unspecified atom stereocenters. The van der Waals surface area contributed by atoms with E-state index in [0.29, 0.717) is 34.3 Å². The van der Waals surface area contributed by atoms with Gasteiger partial charge in [0, 0.05) is 29.1 Å². The number of carboxylic acids is 1. The second-order valence-electron chi connectivity index (χ2n) is 4.29. The number of hydrogen-bond acceptors (Lipinski definition) is 4. The van der Waals surface area contributed by atoms with Gasteiger partial charge in [-0.05, 0) is 12.1 Å². The number of aromatic carboxylic acids is 1. The van der Waals surface area contributed by atoms with E-state index in [1.807, 2.05) is 0 Å². The summed E-state index contributed by atoms with van der Waals surface area (Å²) in [6.07, 6.45) is 0.382. The maximum atomic E-state index is 11.2. The number of ether oxygens (including phenoxy) is 1. The van der Waals surface area contributed by atoms with Gasteiger partial charge in [0.2, 0.25) is 0 Å². The van der Waals surface area contributed by atoms with E-state index >= 15 is 0 Å². The highest BCUT2D eigenvalue weighted by molar-refractivity contribution is 6.35. The molecule has 2 rings (SSSR count). The van der Waals surface area contributed by atoms with Crippen molar-refractivity contribution in [1.29, 1.82) is 0 Å². The number of carboxylic acid groups (broad SMARTS) is 1. The van der Waals surface area contributed by atoms with Crippen molar-refractivity contribution in [3.8, 4) is 0 Å². The van der Waals surface area contributed by atoms with Crippen molar-refractivity contribution in [3.05, 3.63) is 45.2 Å². The Kier molecular flexibility index (Phi) is 5.17. The van der Waals surface area contributed by atoms with Crippen molar-refractivity contribution in [2.45, 2.75) is 13.0 Å². The molecule has 0 aliphatic heterocycles. The van der Waals surface area contributed by atoms with Crippen LogP contribution in [0.25, 0.3) is 0 Å². The van der Waals surface area contributed by atoms with Crippen LogP contribution in [-0.2, 0) is 17.7 Å². The van der Waals surface area contributed by atoms with Gasteiger partial charge in [-0.3, -0.25) is 0 Å². The van der Waals surface area contributed by atoms with Crippen molar-refractivity contribution < 1.29 is 14.6 Å². The van der Waals surface area contributed by atoms with Crippen LogP contribution in [0.2, 0.25) is 10.0 Å². The van der Waals surface area contributed by atoms with Crippen LogP contribution in [0.3, 0.4) is 0 Å². The fourth-order valence-corrected chi connectivity index (χ4v) is 2.42. The molecule has 1 N–H and O–H groups in total. The third-order valence-corrected chi connectivity index (χ3v) is 3.66. The first-order valence-corrected chi connectivity index (χ1v) is 6.87. The van der Waals surface area contributed by atoms with Crippen LogP contribution in [0, 0.1) is 0 Å². The number of aromatic nitrogens is 3. The Morgan fingerprint density at radius 3 is 2.62 bits per heavy atom. The van der Waals surface area contributed by atoms with E-state index in [1.165, 1.54) is 4.68 Å². The molecule has 0 amide bonds. The summed E-state index contributed by atoms with van der Waals surface area (Å²) in [6.45, 7) is 0.613. The molecule has 6 nitrogen and oxygen atoms in total. The van der Waals surface area contributed by atoms with Crippen LogP contribution in [-0.4, -0.2) is 39.8 Å². The smallest absolute Gasteiger partial charge is 0.358 e. The third-order valence-electron chi connectivity index (χ3n) is 2.95. The molecule has 0 aliphatic carbocycles. The molecule has 0 aliphatic rings. The minimum atomic E-state index is -1.13. The van der Waals surface area contributed by atoms with Crippen molar-refractivity contribution >= 4 is 29.2 Å². The minimum absolute atomic E-state index is 0.0878. The molecule has 0 bridgehead atoms. The number of halogens is 2. The fourth-order valence-electron chi connectivity index (χ4n) is 1.91. The van der Waals surface area contributed by atoms with Gasteiger partial charge >= 0.3 is 5.97 Å². The zero-order valence-corrected chi connectivity index (χ0v) is 12.7. The number of hydrogen-bond donors (Lipinski definition) is 1. The first-order chi connectivity index (χ1) is 10.0. The SMILES string of the molecule is COCCc1c(C(=O)O)nnn1Cc1c(Cl)cccc1Cl. The Morgan fingerprint density at radius 1 is 1.38 bits per heavy atom. The molecular weight excluding hydrogens is 317 g/mol. The lowest BCUT2D eigenvalue weighted by atomic mass is 10.2. The van der Waals surface area contributed by atoms with Crippen molar-refractivity contribution in [2.24, 2.45) is 0 Å². The molecule has 21 heavy (non-hydrogen) atoms. The van der Waals surface area contributed by atoms with Crippen molar-refractivity contribution in [2.75, 3.05) is 13.7 Å². The van der Waals surface area contributed by atoms with Crippen LogP contribution in [0.1, 0.15) is 21.7 Å². The Morgan fingerprint density at radius 2 is 2.05 bits per heavy atom. The molecule has 0 fully saturated rings. The zero-order chi connectivity index (χ0) is 15.4. The van der Waals surface area contributed by atoms with Gasteiger partial charge in [0.05, 0.1) is 18.8 Å². The molecular formula is C13H13Cl2N3O3. The van der Waals surface area contributed by atoms with Crippen molar-refractivity contribution in [1.82, 2.24) is 15.0 Å². The minimum Gasteiger partial charge on any atom is -0.476 e. The Bertz CT molecular complexity index is 638. The van der Waals surface area contributed by atoms with Gasteiger partial charge in [-0.15, -0.1) is 5.10 Å². The summed E-state index contributed by atoms with van der Waals surface area (Å²) < 4.78 is 6.47. The molecule has 1 aromatic carbocycles. The highest BCUT2D eigenvalue weighted by Crippen LogP contribution is 2.25. The normalized spacial score (nSPS) is 10.8. The number of benzene rings is 1. The Balaban J connectivity index is 2.37. The second-order valence-corrected chi connectivity index (χ2v) is 5.10. The van der Waals surface area contributed by atoms with Crippen LogP contribution >= 0.6 is 23.2 Å². The van der Waals surface area contributed by atoms with E-state index in [9.17, 15) is 4.79 Å². The summed E-state index contributed by atoms with van der Waals surface area (Å²) in [5.41, 5.74) is 1.05. The van der Waals surface area contributed by atoms with Gasteiger partial charge in [-0.25, -0.2) is 9.48 Å². The molecule has 0 saturated carbocycles. The topological polar surface area (TPSA) is 77.2 Å². The molecule has 0 radical (unpaired) electrons. The molecule has 112 valence electrons. The molecule has 0 atom stereocenters. The number of nitrogens with zero attached hydrogens (tertiary/aromatic N) is 3. The first-order valence-electron chi connectivity index (χ1n) is 6.12. The largest absolute Gasteiger partial charge is 0.476 e. The molecule has 8 heteroatoms. The Hall–Kier alpha value is -1.63. The van der Waals surface area contributed by atoms with Crippen LogP contribution in [0.4, 0.5) is 0 Å². The second kappa shape index (κ2) is 6.89.